The Balaban J connectivity index is 2.93. The van der Waals surface area contributed by atoms with Crippen molar-refractivity contribution in [3.8, 4) is 0 Å². The van der Waals surface area contributed by atoms with Gasteiger partial charge in [-0.25, -0.2) is 8.42 Å². The number of rotatable bonds is 6. The Kier molecular flexibility index (Phi) is 6.15. The molecule has 0 saturated carbocycles. The molecule has 1 rings (SSSR count). The Morgan fingerprint density at radius 3 is 2.14 bits per heavy atom. The molecule has 0 unspecified atom stereocenters. The van der Waals surface area contributed by atoms with Crippen LogP contribution in [-0.4, -0.2) is 49.0 Å². The molecule has 0 aromatic heterocycles. The zero-order valence-corrected chi connectivity index (χ0v) is 13.2. The molecule has 0 spiro atoms. The summed E-state index contributed by atoms with van der Waals surface area (Å²) < 4.78 is 22.6. The normalized spacial score (nSPS) is 13.0. The van der Waals surface area contributed by atoms with Gasteiger partial charge in [0.15, 0.2) is 20.5 Å². The van der Waals surface area contributed by atoms with Crippen molar-refractivity contribution >= 4 is 44.7 Å². The molecule has 0 radical (unpaired) electrons. The van der Waals surface area contributed by atoms with Crippen LogP contribution in [0.2, 0.25) is 0 Å². The second kappa shape index (κ2) is 7.22. The first-order chi connectivity index (χ1) is 9.66. The van der Waals surface area contributed by atoms with Gasteiger partial charge in [-0.2, -0.15) is 0 Å². The second-order valence-electron chi connectivity index (χ2n) is 4.21. The van der Waals surface area contributed by atoms with Crippen molar-refractivity contribution in [1.29, 1.82) is 0 Å². The Morgan fingerprint density at radius 2 is 1.76 bits per heavy atom. The zero-order chi connectivity index (χ0) is 16.2. The van der Waals surface area contributed by atoms with E-state index in [1.165, 1.54) is 24.3 Å². The summed E-state index contributed by atoms with van der Waals surface area (Å²) in [6.45, 7) is -0.640. The van der Waals surface area contributed by atoms with Crippen LogP contribution < -0.4 is 5.32 Å². The number of hydrogen-bond donors (Lipinski definition) is 2. The van der Waals surface area contributed by atoms with E-state index in [1.807, 2.05) is 0 Å². The molecule has 0 saturated heterocycles. The van der Waals surface area contributed by atoms with Gasteiger partial charge in [-0.1, -0.05) is 35.3 Å². The lowest BCUT2D eigenvalue weighted by molar-refractivity contribution is -0.120. The quantitative estimate of drug-likeness (QED) is 0.574. The monoisotopic (exact) mass is 353 g/mol. The van der Waals surface area contributed by atoms with E-state index in [-0.39, 0.29) is 10.5 Å². The molecule has 1 amide bonds. The SMILES string of the molecule is CS(=O)(=O)c1ccc(C(=O)[C@@H](CO)NC(=O)C(Cl)Cl)cc1. The summed E-state index contributed by atoms with van der Waals surface area (Å²) >= 11 is 10.7. The fourth-order valence-electron chi connectivity index (χ4n) is 1.50. The van der Waals surface area contributed by atoms with Crippen LogP contribution in [0, 0.1) is 0 Å². The number of carbonyl (C=O) groups excluding carboxylic acids is 2. The van der Waals surface area contributed by atoms with E-state index in [4.69, 9.17) is 28.3 Å². The summed E-state index contributed by atoms with van der Waals surface area (Å²) in [5.41, 5.74) is 0.141. The molecule has 0 aliphatic rings. The molecule has 0 bridgehead atoms. The van der Waals surface area contributed by atoms with Crippen molar-refractivity contribution in [1.82, 2.24) is 5.32 Å². The molecule has 0 aliphatic carbocycles. The van der Waals surface area contributed by atoms with Crippen molar-refractivity contribution < 1.29 is 23.1 Å². The van der Waals surface area contributed by atoms with Crippen LogP contribution in [0.1, 0.15) is 10.4 Å². The minimum atomic E-state index is -3.37. The lowest BCUT2D eigenvalue weighted by atomic mass is 10.0. The van der Waals surface area contributed by atoms with Gasteiger partial charge < -0.3 is 10.4 Å². The first-order valence-corrected chi connectivity index (χ1v) is 8.47. The molecule has 0 fully saturated rings. The van der Waals surface area contributed by atoms with E-state index in [9.17, 15) is 18.0 Å². The molecule has 1 aromatic rings. The molecule has 1 atom stereocenters. The van der Waals surface area contributed by atoms with Crippen LogP contribution in [0.3, 0.4) is 0 Å². The minimum absolute atomic E-state index is 0.0604. The van der Waals surface area contributed by atoms with Crippen LogP contribution >= 0.6 is 23.2 Å². The number of carbonyl (C=O) groups is 2. The lowest BCUT2D eigenvalue weighted by Crippen LogP contribution is -2.45. The van der Waals surface area contributed by atoms with E-state index in [2.05, 4.69) is 5.32 Å². The number of Topliss-reactive ketones (excluding diaryl/α,β-unsaturated/α-hetero) is 1. The van der Waals surface area contributed by atoms with Gasteiger partial charge in [0.25, 0.3) is 5.91 Å². The summed E-state index contributed by atoms with van der Waals surface area (Å²) in [6, 6.07) is 3.93. The van der Waals surface area contributed by atoms with Gasteiger partial charge in [0.1, 0.15) is 6.04 Å². The maximum atomic E-state index is 12.1. The molecule has 6 nitrogen and oxygen atoms in total. The highest BCUT2D eigenvalue weighted by atomic mass is 35.5. The van der Waals surface area contributed by atoms with Crippen LogP contribution in [0.15, 0.2) is 29.2 Å². The van der Waals surface area contributed by atoms with Gasteiger partial charge in [-0.15, -0.1) is 0 Å². The fraction of sp³-hybridized carbons (Fsp3) is 0.333. The minimum Gasteiger partial charge on any atom is -0.394 e. The first kappa shape index (κ1) is 17.9. The van der Waals surface area contributed by atoms with Gasteiger partial charge >= 0.3 is 0 Å². The number of halogens is 2. The maximum Gasteiger partial charge on any atom is 0.253 e. The van der Waals surface area contributed by atoms with Crippen LogP contribution in [0.25, 0.3) is 0 Å². The van der Waals surface area contributed by atoms with E-state index < -0.39 is 39.0 Å². The summed E-state index contributed by atoms with van der Waals surface area (Å²) in [5, 5.41) is 11.3. The molecule has 0 heterocycles. The maximum absolute atomic E-state index is 12.1. The third-order valence-corrected chi connectivity index (χ3v) is 4.11. The van der Waals surface area contributed by atoms with Crippen LogP contribution in [-0.2, 0) is 14.6 Å². The number of hydrogen-bond acceptors (Lipinski definition) is 5. The Hall–Kier alpha value is -1.15. The van der Waals surface area contributed by atoms with Crippen molar-refractivity contribution in [3.05, 3.63) is 29.8 Å². The number of alkyl halides is 2. The number of nitrogens with one attached hydrogen (secondary N) is 1. The highest BCUT2D eigenvalue weighted by Crippen LogP contribution is 2.12. The largest absolute Gasteiger partial charge is 0.394 e. The first-order valence-electron chi connectivity index (χ1n) is 5.70. The molecular formula is C12H13Cl2NO5S. The number of ketones is 1. The van der Waals surface area contributed by atoms with Gasteiger partial charge in [-0.05, 0) is 12.1 Å². The van der Waals surface area contributed by atoms with Crippen LogP contribution in [0.5, 0.6) is 0 Å². The number of benzene rings is 1. The second-order valence-corrected chi connectivity index (χ2v) is 7.32. The van der Waals surface area contributed by atoms with Crippen molar-refractivity contribution in [3.63, 3.8) is 0 Å². The van der Waals surface area contributed by atoms with Crippen molar-refractivity contribution in [2.75, 3.05) is 12.9 Å². The van der Waals surface area contributed by atoms with E-state index in [1.54, 1.807) is 0 Å². The van der Waals surface area contributed by atoms with Gasteiger partial charge in [0.05, 0.1) is 11.5 Å². The molecule has 21 heavy (non-hydrogen) atoms. The van der Waals surface area contributed by atoms with Crippen LogP contribution in [0.4, 0.5) is 0 Å². The molecule has 9 heteroatoms. The lowest BCUT2D eigenvalue weighted by Gasteiger charge is -2.15. The summed E-state index contributed by atoms with van der Waals surface area (Å²) in [4.78, 5) is 22.1. The third-order valence-electron chi connectivity index (χ3n) is 2.58. The molecule has 116 valence electrons. The zero-order valence-electron chi connectivity index (χ0n) is 10.9. The number of aliphatic hydroxyl groups excluding tert-OH is 1. The highest BCUT2D eigenvalue weighted by Gasteiger charge is 2.24. The molecule has 2 N–H and O–H groups in total. The summed E-state index contributed by atoms with van der Waals surface area (Å²) in [6.07, 6.45) is 1.04. The Bertz CT molecular complexity index is 628. The average Bonchev–Trinajstić information content (AvgIpc) is 2.42. The van der Waals surface area contributed by atoms with Gasteiger partial charge in [-0.3, -0.25) is 9.59 Å². The van der Waals surface area contributed by atoms with Crippen molar-refractivity contribution in [2.24, 2.45) is 0 Å². The summed E-state index contributed by atoms with van der Waals surface area (Å²) in [5.74, 6) is -1.39. The van der Waals surface area contributed by atoms with Gasteiger partial charge in [0.2, 0.25) is 0 Å². The Morgan fingerprint density at radius 1 is 1.24 bits per heavy atom. The van der Waals surface area contributed by atoms with E-state index in [0.717, 1.165) is 6.26 Å². The number of aliphatic hydroxyl groups is 1. The van der Waals surface area contributed by atoms with E-state index >= 15 is 0 Å². The Labute approximate surface area is 132 Å². The molecule has 0 aliphatic heterocycles. The average molecular weight is 354 g/mol. The fourth-order valence-corrected chi connectivity index (χ4v) is 2.25. The number of sulfone groups is 1. The smallest absolute Gasteiger partial charge is 0.253 e. The highest BCUT2D eigenvalue weighted by molar-refractivity contribution is 7.90. The van der Waals surface area contributed by atoms with E-state index in [0.29, 0.717) is 0 Å². The van der Waals surface area contributed by atoms with Crippen molar-refractivity contribution in [2.45, 2.75) is 15.8 Å². The standard InChI is InChI=1S/C12H13Cl2NO5S/c1-21(19,20)8-4-2-7(3-5-8)10(17)9(6-16)15-12(18)11(13)14/h2-5,9,11,16H,6H2,1H3,(H,15,18)/t9-/m1/s1. The van der Waals surface area contributed by atoms with Gasteiger partial charge in [0, 0.05) is 11.8 Å². The predicted molar refractivity (Wildman–Crippen MR) is 78.4 cm³/mol. The summed E-state index contributed by atoms with van der Waals surface area (Å²) in [7, 11) is -3.37. The topological polar surface area (TPSA) is 101 Å². The molecule has 1 aromatic carbocycles. The number of amides is 1. The molecular weight excluding hydrogens is 341 g/mol. The third kappa shape index (κ3) is 4.96. The predicted octanol–water partition coefficient (Wildman–Crippen LogP) is 0.554.